The monoisotopic (exact) mass is 242 g/mol. The van der Waals surface area contributed by atoms with Crippen molar-refractivity contribution in [1.29, 1.82) is 0 Å². The van der Waals surface area contributed by atoms with Gasteiger partial charge < -0.3 is 0 Å². The van der Waals surface area contributed by atoms with E-state index in [4.69, 9.17) is 0 Å². The van der Waals surface area contributed by atoms with Crippen molar-refractivity contribution in [3.8, 4) is 0 Å². The van der Waals surface area contributed by atoms with Crippen LogP contribution in [-0.4, -0.2) is 4.83 Å². The van der Waals surface area contributed by atoms with E-state index in [9.17, 15) is 4.39 Å². The lowest BCUT2D eigenvalue weighted by atomic mass is 10.1. The quantitative estimate of drug-likeness (QED) is 0.712. The third-order valence-corrected chi connectivity index (χ3v) is 3.58. The number of rotatable bonds is 3. The maximum Gasteiger partial charge on any atom is 0.126 e. The van der Waals surface area contributed by atoms with Crippen LogP contribution in [0.5, 0.6) is 0 Å². The highest BCUT2D eigenvalue weighted by Gasteiger charge is 2.29. The molecule has 2 rings (SSSR count). The Labute approximate surface area is 86.3 Å². The summed E-state index contributed by atoms with van der Waals surface area (Å²) in [5.74, 6) is 0.701. The van der Waals surface area contributed by atoms with Crippen molar-refractivity contribution in [2.45, 2.75) is 24.1 Å². The molecule has 1 atom stereocenters. The second kappa shape index (κ2) is 3.79. The van der Waals surface area contributed by atoms with Crippen molar-refractivity contribution in [3.05, 3.63) is 35.6 Å². The maximum atomic E-state index is 13.2. The van der Waals surface area contributed by atoms with E-state index in [1.807, 2.05) is 12.1 Å². The van der Waals surface area contributed by atoms with Gasteiger partial charge >= 0.3 is 0 Å². The number of alkyl halides is 1. The Kier molecular flexibility index (Phi) is 2.68. The number of halogens is 2. The molecule has 13 heavy (non-hydrogen) atoms. The van der Waals surface area contributed by atoms with Crippen LogP contribution < -0.4 is 0 Å². The first kappa shape index (κ1) is 9.20. The van der Waals surface area contributed by atoms with Crippen LogP contribution in [0.25, 0.3) is 0 Å². The molecule has 1 fully saturated rings. The second-order valence-electron chi connectivity index (χ2n) is 3.65. The molecule has 0 heterocycles. The first-order chi connectivity index (χ1) is 6.27. The summed E-state index contributed by atoms with van der Waals surface area (Å²) in [4.78, 5) is 0.462. The minimum absolute atomic E-state index is 0.0763. The summed E-state index contributed by atoms with van der Waals surface area (Å²) in [6, 6.07) is 7.03. The summed E-state index contributed by atoms with van der Waals surface area (Å²) < 4.78 is 13.2. The zero-order valence-corrected chi connectivity index (χ0v) is 8.93. The molecule has 1 aliphatic carbocycles. The third-order valence-electron chi connectivity index (χ3n) is 2.51. The Balaban J connectivity index is 2.03. The molecule has 1 unspecified atom stereocenters. The number of benzene rings is 1. The topological polar surface area (TPSA) is 0 Å². The summed E-state index contributed by atoms with van der Waals surface area (Å²) >= 11 is 3.61. The molecule has 0 bridgehead atoms. The van der Waals surface area contributed by atoms with Gasteiger partial charge in [-0.2, -0.15) is 0 Å². The molecular weight excluding hydrogens is 231 g/mol. The normalized spacial score (nSPS) is 18.6. The molecule has 0 aromatic heterocycles. The summed E-state index contributed by atoms with van der Waals surface area (Å²) in [6.07, 6.45) is 3.41. The minimum atomic E-state index is -0.0763. The van der Waals surface area contributed by atoms with Gasteiger partial charge in [-0.1, -0.05) is 34.1 Å². The predicted molar refractivity (Wildman–Crippen MR) is 55.5 cm³/mol. The van der Waals surface area contributed by atoms with Gasteiger partial charge in [0.05, 0.1) is 0 Å². The Morgan fingerprint density at radius 2 is 2.08 bits per heavy atom. The molecule has 70 valence electrons. The van der Waals surface area contributed by atoms with E-state index in [0.29, 0.717) is 4.83 Å². The van der Waals surface area contributed by atoms with Crippen LogP contribution in [0.2, 0.25) is 0 Å². The van der Waals surface area contributed by atoms with E-state index in [1.165, 1.54) is 18.9 Å². The molecule has 1 saturated carbocycles. The Morgan fingerprint density at radius 3 is 2.69 bits per heavy atom. The van der Waals surface area contributed by atoms with Crippen LogP contribution in [-0.2, 0) is 6.42 Å². The average Bonchev–Trinajstić information content (AvgIpc) is 2.91. The lowest BCUT2D eigenvalue weighted by Gasteiger charge is -2.08. The van der Waals surface area contributed by atoms with Crippen molar-refractivity contribution in [1.82, 2.24) is 0 Å². The van der Waals surface area contributed by atoms with E-state index < -0.39 is 0 Å². The molecular formula is C11H12BrF. The molecule has 1 aliphatic rings. The van der Waals surface area contributed by atoms with Crippen molar-refractivity contribution in [2.24, 2.45) is 5.92 Å². The third kappa shape index (κ3) is 2.31. The van der Waals surface area contributed by atoms with Crippen LogP contribution in [0.15, 0.2) is 24.3 Å². The van der Waals surface area contributed by atoms with Gasteiger partial charge in [-0.05, 0) is 36.8 Å². The van der Waals surface area contributed by atoms with Gasteiger partial charge in [0.15, 0.2) is 0 Å². The molecule has 0 N–H and O–H groups in total. The van der Waals surface area contributed by atoms with Crippen molar-refractivity contribution in [2.75, 3.05) is 0 Å². The molecule has 0 radical (unpaired) electrons. The Morgan fingerprint density at radius 1 is 1.38 bits per heavy atom. The fourth-order valence-corrected chi connectivity index (χ4v) is 2.38. The zero-order valence-electron chi connectivity index (χ0n) is 7.34. The molecule has 0 nitrogen and oxygen atoms in total. The van der Waals surface area contributed by atoms with Crippen molar-refractivity contribution < 1.29 is 4.39 Å². The summed E-state index contributed by atoms with van der Waals surface area (Å²) in [7, 11) is 0. The highest BCUT2D eigenvalue weighted by Crippen LogP contribution is 2.38. The first-order valence-corrected chi connectivity index (χ1v) is 5.56. The fraction of sp³-hybridized carbons (Fsp3) is 0.455. The first-order valence-electron chi connectivity index (χ1n) is 4.65. The van der Waals surface area contributed by atoms with E-state index in [1.54, 1.807) is 6.07 Å². The second-order valence-corrected chi connectivity index (χ2v) is 4.83. The van der Waals surface area contributed by atoms with Crippen LogP contribution in [0.3, 0.4) is 0 Å². The largest absolute Gasteiger partial charge is 0.207 e. The molecule has 1 aromatic carbocycles. The fourth-order valence-electron chi connectivity index (χ4n) is 1.50. The molecule has 0 spiro atoms. The van der Waals surface area contributed by atoms with Crippen LogP contribution >= 0.6 is 15.9 Å². The van der Waals surface area contributed by atoms with Gasteiger partial charge in [-0.15, -0.1) is 0 Å². The van der Waals surface area contributed by atoms with Gasteiger partial charge in [-0.3, -0.25) is 0 Å². The smallest absolute Gasteiger partial charge is 0.126 e. The summed E-state index contributed by atoms with van der Waals surface area (Å²) in [5, 5.41) is 0. The van der Waals surface area contributed by atoms with E-state index in [-0.39, 0.29) is 5.82 Å². The zero-order chi connectivity index (χ0) is 9.26. The maximum absolute atomic E-state index is 13.2. The van der Waals surface area contributed by atoms with Crippen molar-refractivity contribution in [3.63, 3.8) is 0 Å². The van der Waals surface area contributed by atoms with Crippen molar-refractivity contribution >= 4 is 15.9 Å². The van der Waals surface area contributed by atoms with Crippen LogP contribution in [0, 0.1) is 11.7 Å². The highest BCUT2D eigenvalue weighted by molar-refractivity contribution is 9.09. The standard InChI is InChI=1S/C11H12BrF/c12-10(8-5-6-8)7-9-3-1-2-4-11(9)13/h1-4,8,10H,5-7H2. The molecule has 0 saturated heterocycles. The van der Waals surface area contributed by atoms with Crippen LogP contribution in [0.4, 0.5) is 4.39 Å². The highest BCUT2D eigenvalue weighted by atomic mass is 79.9. The lowest BCUT2D eigenvalue weighted by Crippen LogP contribution is -2.06. The SMILES string of the molecule is Fc1ccccc1CC(Br)C1CC1. The molecule has 0 amide bonds. The van der Waals surface area contributed by atoms with Crippen LogP contribution in [0.1, 0.15) is 18.4 Å². The molecule has 2 heteroatoms. The van der Waals surface area contributed by atoms with Gasteiger partial charge in [0, 0.05) is 4.83 Å². The lowest BCUT2D eigenvalue weighted by molar-refractivity contribution is 0.602. The van der Waals surface area contributed by atoms with Gasteiger partial charge in [0.1, 0.15) is 5.82 Å². The molecule has 1 aromatic rings. The van der Waals surface area contributed by atoms with E-state index in [0.717, 1.165) is 17.9 Å². The van der Waals surface area contributed by atoms with E-state index in [2.05, 4.69) is 15.9 Å². The van der Waals surface area contributed by atoms with Gasteiger partial charge in [0.2, 0.25) is 0 Å². The van der Waals surface area contributed by atoms with E-state index >= 15 is 0 Å². The summed E-state index contributed by atoms with van der Waals surface area (Å²) in [5.41, 5.74) is 0.830. The Hall–Kier alpha value is -0.370. The Bertz CT molecular complexity index is 294. The average molecular weight is 243 g/mol. The molecule has 0 aliphatic heterocycles. The number of hydrogen-bond acceptors (Lipinski definition) is 0. The number of hydrogen-bond donors (Lipinski definition) is 0. The van der Waals surface area contributed by atoms with Gasteiger partial charge in [-0.25, -0.2) is 4.39 Å². The van der Waals surface area contributed by atoms with Gasteiger partial charge in [0.25, 0.3) is 0 Å². The predicted octanol–water partition coefficient (Wildman–Crippen LogP) is 3.54. The summed E-state index contributed by atoms with van der Waals surface area (Å²) in [6.45, 7) is 0. The minimum Gasteiger partial charge on any atom is -0.207 e.